The van der Waals surface area contributed by atoms with Crippen LogP contribution in [0.25, 0.3) is 110 Å². The first-order valence-corrected chi connectivity index (χ1v) is 19.5. The van der Waals surface area contributed by atoms with Crippen molar-refractivity contribution >= 4 is 53.4 Å². The molecule has 0 aliphatic carbocycles. The summed E-state index contributed by atoms with van der Waals surface area (Å²) in [7, 11) is 0. The maximum absolute atomic E-state index is 6.58. The number of thiophene rings is 1. The lowest BCUT2D eigenvalue weighted by molar-refractivity contribution is 0.669. The Balaban J connectivity index is 0.997. The van der Waals surface area contributed by atoms with Crippen molar-refractivity contribution in [2.75, 3.05) is 0 Å². The maximum Gasteiger partial charge on any atom is 0.164 e. The Kier molecular flexibility index (Phi) is 7.64. The molecule has 0 amide bonds. The van der Waals surface area contributed by atoms with Gasteiger partial charge in [0.15, 0.2) is 17.5 Å². The predicted octanol–water partition coefficient (Wildman–Crippen LogP) is 14.1. The smallest absolute Gasteiger partial charge is 0.164 e. The number of hydrogen-bond acceptors (Lipinski definition) is 5. The van der Waals surface area contributed by atoms with Crippen molar-refractivity contribution in [1.82, 2.24) is 15.0 Å². The summed E-state index contributed by atoms with van der Waals surface area (Å²) >= 11 is 1.84. The Bertz CT molecular complexity index is 3230. The molecule has 0 atom stereocenters. The van der Waals surface area contributed by atoms with Gasteiger partial charge in [-0.15, -0.1) is 11.3 Å². The van der Waals surface area contributed by atoms with E-state index in [9.17, 15) is 0 Å². The molecule has 3 aromatic heterocycles. The van der Waals surface area contributed by atoms with Crippen molar-refractivity contribution in [3.8, 4) is 67.5 Å². The fourth-order valence-corrected chi connectivity index (χ4v) is 8.87. The molecule has 3 heterocycles. The highest BCUT2D eigenvalue weighted by molar-refractivity contribution is 7.25. The molecule has 0 unspecified atom stereocenters. The number of aromatic nitrogens is 3. The van der Waals surface area contributed by atoms with Crippen molar-refractivity contribution in [3.05, 3.63) is 188 Å². The summed E-state index contributed by atoms with van der Waals surface area (Å²) in [5.41, 5.74) is 11.4. The number of benzene rings is 8. The number of furan rings is 1. The number of rotatable bonds is 6. The van der Waals surface area contributed by atoms with Gasteiger partial charge in [-0.25, -0.2) is 15.0 Å². The summed E-state index contributed by atoms with van der Waals surface area (Å²) in [6, 6.07) is 65.7. The largest absolute Gasteiger partial charge is 0.456 e. The molecule has 11 aromatic rings. The average Bonchev–Trinajstić information content (AvgIpc) is 3.84. The Morgan fingerprint density at radius 2 is 0.839 bits per heavy atom. The number of nitrogens with zero attached hydrogens (tertiary/aromatic N) is 3. The van der Waals surface area contributed by atoms with Crippen LogP contribution < -0.4 is 0 Å². The molecule has 0 bridgehead atoms. The molecule has 0 saturated heterocycles. The SMILES string of the molecule is c1ccc(-c2ccc(-c3nc(-c4ccccc4)nc(-c4cccc5oc6cc(-c7ccc8c(c7)sc7ccc(-c9ccccc9)cc78)ccc6c45)n3)cc2)cc1. The van der Waals surface area contributed by atoms with Crippen LogP contribution >= 0.6 is 11.3 Å². The van der Waals surface area contributed by atoms with E-state index in [1.165, 1.54) is 36.9 Å². The van der Waals surface area contributed by atoms with Gasteiger partial charge in [-0.3, -0.25) is 0 Å². The van der Waals surface area contributed by atoms with E-state index in [0.717, 1.165) is 55.3 Å². The van der Waals surface area contributed by atoms with E-state index in [2.05, 4.69) is 140 Å². The van der Waals surface area contributed by atoms with Crippen molar-refractivity contribution in [3.63, 3.8) is 0 Å². The average molecular weight is 734 g/mol. The molecule has 0 saturated carbocycles. The minimum Gasteiger partial charge on any atom is -0.456 e. The molecule has 8 aromatic carbocycles. The van der Waals surface area contributed by atoms with E-state index in [1.54, 1.807) is 0 Å². The van der Waals surface area contributed by atoms with Crippen LogP contribution in [0.3, 0.4) is 0 Å². The molecular weight excluding hydrogens is 703 g/mol. The molecule has 0 spiro atoms. The topological polar surface area (TPSA) is 51.8 Å². The zero-order chi connectivity index (χ0) is 37.0. The zero-order valence-corrected chi connectivity index (χ0v) is 30.9. The summed E-state index contributed by atoms with van der Waals surface area (Å²) in [4.78, 5) is 15.2. The van der Waals surface area contributed by atoms with E-state index in [4.69, 9.17) is 19.4 Å². The second-order valence-corrected chi connectivity index (χ2v) is 15.1. The molecule has 0 aliphatic rings. The molecule has 5 heteroatoms. The van der Waals surface area contributed by atoms with Gasteiger partial charge in [0.25, 0.3) is 0 Å². The van der Waals surface area contributed by atoms with E-state index >= 15 is 0 Å². The molecule has 56 heavy (non-hydrogen) atoms. The van der Waals surface area contributed by atoms with Crippen LogP contribution in [0.2, 0.25) is 0 Å². The van der Waals surface area contributed by atoms with Crippen molar-refractivity contribution < 1.29 is 4.42 Å². The lowest BCUT2D eigenvalue weighted by atomic mass is 9.99. The summed E-state index contributed by atoms with van der Waals surface area (Å²) in [6.07, 6.45) is 0. The zero-order valence-electron chi connectivity index (χ0n) is 30.1. The molecule has 0 N–H and O–H groups in total. The van der Waals surface area contributed by atoms with Crippen LogP contribution in [0.15, 0.2) is 192 Å². The summed E-state index contributed by atoms with van der Waals surface area (Å²) in [5.74, 6) is 1.84. The highest BCUT2D eigenvalue weighted by Crippen LogP contribution is 2.41. The van der Waals surface area contributed by atoms with Crippen LogP contribution in [-0.2, 0) is 0 Å². The van der Waals surface area contributed by atoms with Gasteiger partial charge in [0.1, 0.15) is 11.2 Å². The minimum absolute atomic E-state index is 0.601. The predicted molar refractivity (Wildman–Crippen MR) is 233 cm³/mol. The summed E-state index contributed by atoms with van der Waals surface area (Å²) < 4.78 is 9.14. The highest BCUT2D eigenvalue weighted by atomic mass is 32.1. The van der Waals surface area contributed by atoms with E-state index in [1.807, 2.05) is 59.9 Å². The lowest BCUT2D eigenvalue weighted by Gasteiger charge is -2.10. The van der Waals surface area contributed by atoms with Gasteiger partial charge in [-0.2, -0.15) is 0 Å². The maximum atomic E-state index is 6.58. The van der Waals surface area contributed by atoms with Crippen LogP contribution in [0, 0.1) is 0 Å². The second kappa shape index (κ2) is 13.3. The van der Waals surface area contributed by atoms with Gasteiger partial charge < -0.3 is 4.42 Å². The van der Waals surface area contributed by atoms with Crippen molar-refractivity contribution in [2.24, 2.45) is 0 Å². The van der Waals surface area contributed by atoms with Gasteiger partial charge in [0.05, 0.1) is 0 Å². The van der Waals surface area contributed by atoms with E-state index in [-0.39, 0.29) is 0 Å². The number of hydrogen-bond donors (Lipinski definition) is 0. The lowest BCUT2D eigenvalue weighted by Crippen LogP contribution is -2.00. The quantitative estimate of drug-likeness (QED) is 0.171. The van der Waals surface area contributed by atoms with Crippen LogP contribution in [0.1, 0.15) is 0 Å². The molecule has 262 valence electrons. The normalized spacial score (nSPS) is 11.6. The highest BCUT2D eigenvalue weighted by Gasteiger charge is 2.19. The van der Waals surface area contributed by atoms with Crippen LogP contribution in [0.4, 0.5) is 0 Å². The third-order valence-corrected chi connectivity index (χ3v) is 11.7. The summed E-state index contributed by atoms with van der Waals surface area (Å²) in [5, 5.41) is 4.57. The van der Waals surface area contributed by atoms with E-state index in [0.29, 0.717) is 17.5 Å². The van der Waals surface area contributed by atoms with Gasteiger partial charge in [0.2, 0.25) is 0 Å². The minimum atomic E-state index is 0.601. The standard InChI is InChI=1S/C51H31N3OS/c1-4-11-32(12-5-1)34-19-21-36(22-20-34)50-52-49(35-15-8-3-9-16-35)53-51(54-50)42-17-10-18-44-48(42)41-27-24-38(30-45(41)55-44)39-23-26-40-43-29-37(33-13-6-2-7-14-33)25-28-46(43)56-47(40)31-39/h1-31H. The number of fused-ring (bicyclic) bond motifs is 6. The first-order valence-electron chi connectivity index (χ1n) is 18.7. The first kappa shape index (κ1) is 32.2. The Morgan fingerprint density at radius 1 is 0.321 bits per heavy atom. The molecule has 0 aliphatic heterocycles. The Labute approximate surface area is 327 Å². The molecule has 4 nitrogen and oxygen atoms in total. The third-order valence-electron chi connectivity index (χ3n) is 10.6. The summed E-state index contributed by atoms with van der Waals surface area (Å²) in [6.45, 7) is 0. The second-order valence-electron chi connectivity index (χ2n) is 14.0. The first-order chi connectivity index (χ1) is 27.7. The molecule has 0 fully saturated rings. The Hall–Kier alpha value is -7.21. The van der Waals surface area contributed by atoms with Gasteiger partial charge in [0, 0.05) is 47.6 Å². The fourth-order valence-electron chi connectivity index (χ4n) is 7.74. The molecule has 0 radical (unpaired) electrons. The van der Waals surface area contributed by atoms with Crippen molar-refractivity contribution in [2.45, 2.75) is 0 Å². The van der Waals surface area contributed by atoms with Gasteiger partial charge in [-0.1, -0.05) is 152 Å². The van der Waals surface area contributed by atoms with Crippen LogP contribution in [-0.4, -0.2) is 15.0 Å². The van der Waals surface area contributed by atoms with Crippen molar-refractivity contribution in [1.29, 1.82) is 0 Å². The van der Waals surface area contributed by atoms with Gasteiger partial charge in [-0.05, 0) is 69.8 Å². The van der Waals surface area contributed by atoms with Gasteiger partial charge >= 0.3 is 0 Å². The Morgan fingerprint density at radius 3 is 1.55 bits per heavy atom. The monoisotopic (exact) mass is 733 g/mol. The van der Waals surface area contributed by atoms with Crippen LogP contribution in [0.5, 0.6) is 0 Å². The fraction of sp³-hybridized carbons (Fsp3) is 0. The molecule has 11 rings (SSSR count). The third kappa shape index (κ3) is 5.65. The molecular formula is C51H31N3OS. The van der Waals surface area contributed by atoms with E-state index < -0.39 is 0 Å².